The smallest absolute Gasteiger partial charge is 0.251 e. The largest absolute Gasteiger partial charge is 0.352 e. The van der Waals surface area contributed by atoms with Crippen molar-refractivity contribution in [3.05, 3.63) is 29.8 Å². The molecule has 0 aliphatic carbocycles. The van der Waals surface area contributed by atoms with Gasteiger partial charge >= 0.3 is 0 Å². The molecule has 1 aliphatic heterocycles. The number of halogens is 1. The number of benzene rings is 1. The molecule has 0 radical (unpaired) electrons. The Morgan fingerprint density at radius 1 is 1.42 bits per heavy atom. The van der Waals surface area contributed by atoms with Crippen LogP contribution in [0.25, 0.3) is 0 Å². The number of hydrogen-bond donors (Lipinski definition) is 2. The van der Waals surface area contributed by atoms with E-state index < -0.39 is 0 Å². The molecule has 1 aromatic carbocycles. The third-order valence-corrected chi connectivity index (χ3v) is 4.05. The molecule has 2 N–H and O–H groups in total. The van der Waals surface area contributed by atoms with Crippen LogP contribution in [0.15, 0.2) is 29.2 Å². The molecule has 1 aliphatic rings. The molecule has 0 aromatic heterocycles. The molecule has 2 rings (SSSR count). The lowest BCUT2D eigenvalue weighted by Gasteiger charge is -2.22. The van der Waals surface area contributed by atoms with Crippen molar-refractivity contribution in [2.45, 2.75) is 17.7 Å². The lowest BCUT2D eigenvalue weighted by Crippen LogP contribution is -2.38. The summed E-state index contributed by atoms with van der Waals surface area (Å²) < 4.78 is 0. The van der Waals surface area contributed by atoms with Gasteiger partial charge in [-0.15, -0.1) is 24.2 Å². The minimum atomic E-state index is 0. The van der Waals surface area contributed by atoms with Crippen LogP contribution in [0.2, 0.25) is 0 Å². The second-order valence-corrected chi connectivity index (χ2v) is 5.53. The first-order valence-corrected chi connectivity index (χ1v) is 7.65. The summed E-state index contributed by atoms with van der Waals surface area (Å²) in [6, 6.07) is 7.75. The van der Waals surface area contributed by atoms with Gasteiger partial charge in [-0.25, -0.2) is 0 Å². The van der Waals surface area contributed by atoms with Gasteiger partial charge in [0.1, 0.15) is 0 Å². The van der Waals surface area contributed by atoms with E-state index in [2.05, 4.69) is 10.6 Å². The van der Waals surface area contributed by atoms with Crippen LogP contribution in [0, 0.1) is 5.92 Å². The maximum absolute atomic E-state index is 11.9. The molecule has 19 heavy (non-hydrogen) atoms. The average Bonchev–Trinajstić information content (AvgIpc) is 2.46. The van der Waals surface area contributed by atoms with E-state index >= 15 is 0 Å². The highest BCUT2D eigenvalue weighted by Gasteiger charge is 2.14. The summed E-state index contributed by atoms with van der Waals surface area (Å²) >= 11 is 1.69. The minimum Gasteiger partial charge on any atom is -0.352 e. The molecular formula is C14H21ClN2OS. The number of thioether (sulfide) groups is 1. The summed E-state index contributed by atoms with van der Waals surface area (Å²) in [7, 11) is 0. The average molecular weight is 301 g/mol. The van der Waals surface area contributed by atoms with Gasteiger partial charge in [0.2, 0.25) is 0 Å². The number of amides is 1. The van der Waals surface area contributed by atoms with Crippen LogP contribution in [-0.4, -0.2) is 31.8 Å². The highest BCUT2D eigenvalue weighted by molar-refractivity contribution is 7.98. The first kappa shape index (κ1) is 16.3. The van der Waals surface area contributed by atoms with Gasteiger partial charge < -0.3 is 10.6 Å². The molecule has 1 unspecified atom stereocenters. The fraction of sp³-hybridized carbons (Fsp3) is 0.500. The zero-order valence-corrected chi connectivity index (χ0v) is 12.8. The van der Waals surface area contributed by atoms with Gasteiger partial charge in [-0.05, 0) is 62.4 Å². The van der Waals surface area contributed by atoms with Crippen LogP contribution in [0.4, 0.5) is 0 Å². The van der Waals surface area contributed by atoms with E-state index in [0.29, 0.717) is 5.92 Å². The number of piperidine rings is 1. The Bertz CT molecular complexity index is 391. The fourth-order valence-corrected chi connectivity index (χ4v) is 2.59. The number of hydrogen-bond acceptors (Lipinski definition) is 3. The van der Waals surface area contributed by atoms with Crippen molar-refractivity contribution in [2.24, 2.45) is 5.92 Å². The lowest BCUT2D eigenvalue weighted by molar-refractivity contribution is 0.0945. The van der Waals surface area contributed by atoms with Crippen LogP contribution < -0.4 is 10.6 Å². The highest BCUT2D eigenvalue weighted by Crippen LogP contribution is 2.15. The molecule has 0 spiro atoms. The Labute approximate surface area is 125 Å². The Kier molecular flexibility index (Phi) is 7.28. The first-order chi connectivity index (χ1) is 8.79. The van der Waals surface area contributed by atoms with E-state index in [0.717, 1.165) is 25.2 Å². The predicted octanol–water partition coefficient (Wildman–Crippen LogP) is 2.56. The maximum atomic E-state index is 11.9. The van der Waals surface area contributed by atoms with Crippen molar-refractivity contribution in [3.63, 3.8) is 0 Å². The number of nitrogens with one attached hydrogen (secondary N) is 2. The SMILES string of the molecule is CSc1ccc(C(=O)NCC2CCCNC2)cc1.Cl. The van der Waals surface area contributed by atoms with Gasteiger partial charge in [0.25, 0.3) is 5.91 Å². The molecule has 1 heterocycles. The van der Waals surface area contributed by atoms with Crippen LogP contribution in [0.1, 0.15) is 23.2 Å². The molecule has 1 saturated heterocycles. The van der Waals surface area contributed by atoms with Crippen molar-refractivity contribution < 1.29 is 4.79 Å². The molecule has 0 bridgehead atoms. The fourth-order valence-electron chi connectivity index (χ4n) is 2.18. The van der Waals surface area contributed by atoms with E-state index in [9.17, 15) is 4.79 Å². The van der Waals surface area contributed by atoms with E-state index in [4.69, 9.17) is 0 Å². The highest BCUT2D eigenvalue weighted by atomic mass is 35.5. The summed E-state index contributed by atoms with van der Waals surface area (Å²) in [5.41, 5.74) is 0.747. The first-order valence-electron chi connectivity index (χ1n) is 6.42. The Morgan fingerprint density at radius 3 is 2.74 bits per heavy atom. The quantitative estimate of drug-likeness (QED) is 0.840. The summed E-state index contributed by atoms with van der Waals surface area (Å²) in [5.74, 6) is 0.612. The molecule has 1 amide bonds. The number of rotatable bonds is 4. The molecule has 5 heteroatoms. The topological polar surface area (TPSA) is 41.1 Å². The summed E-state index contributed by atoms with van der Waals surface area (Å²) in [4.78, 5) is 13.1. The van der Waals surface area contributed by atoms with Crippen LogP contribution >= 0.6 is 24.2 Å². The van der Waals surface area contributed by atoms with Crippen molar-refractivity contribution >= 4 is 30.1 Å². The normalized spacial score (nSPS) is 18.5. The number of carbonyl (C=O) groups is 1. The van der Waals surface area contributed by atoms with E-state index in [-0.39, 0.29) is 18.3 Å². The summed E-state index contributed by atoms with van der Waals surface area (Å²) in [6.07, 6.45) is 4.45. The maximum Gasteiger partial charge on any atom is 0.251 e. The van der Waals surface area contributed by atoms with Crippen molar-refractivity contribution in [1.29, 1.82) is 0 Å². The van der Waals surface area contributed by atoms with Crippen molar-refractivity contribution in [3.8, 4) is 0 Å². The van der Waals surface area contributed by atoms with Crippen molar-refractivity contribution in [1.82, 2.24) is 10.6 Å². The molecule has 1 atom stereocenters. The second-order valence-electron chi connectivity index (χ2n) is 4.65. The van der Waals surface area contributed by atoms with Gasteiger partial charge in [0.15, 0.2) is 0 Å². The summed E-state index contributed by atoms with van der Waals surface area (Å²) in [5, 5.41) is 6.38. The summed E-state index contributed by atoms with van der Waals surface area (Å²) in [6.45, 7) is 2.91. The molecule has 106 valence electrons. The molecule has 1 fully saturated rings. The lowest BCUT2D eigenvalue weighted by atomic mass is 10.00. The van der Waals surface area contributed by atoms with Gasteiger partial charge in [0, 0.05) is 17.0 Å². The minimum absolute atomic E-state index is 0. The van der Waals surface area contributed by atoms with Crippen LogP contribution in [-0.2, 0) is 0 Å². The third kappa shape index (κ3) is 5.05. The van der Waals surface area contributed by atoms with E-state index in [1.165, 1.54) is 17.7 Å². The Hall–Kier alpha value is -0.710. The predicted molar refractivity (Wildman–Crippen MR) is 83.4 cm³/mol. The van der Waals surface area contributed by atoms with E-state index in [1.54, 1.807) is 11.8 Å². The third-order valence-electron chi connectivity index (χ3n) is 3.30. The Balaban J connectivity index is 0.00000180. The van der Waals surface area contributed by atoms with Crippen LogP contribution in [0.5, 0.6) is 0 Å². The van der Waals surface area contributed by atoms with Gasteiger partial charge in [-0.1, -0.05) is 0 Å². The molecule has 1 aromatic rings. The van der Waals surface area contributed by atoms with Gasteiger partial charge in [0.05, 0.1) is 0 Å². The zero-order valence-electron chi connectivity index (χ0n) is 11.1. The molecular weight excluding hydrogens is 280 g/mol. The monoisotopic (exact) mass is 300 g/mol. The standard InChI is InChI=1S/C14H20N2OS.ClH/c1-18-13-6-4-12(5-7-13)14(17)16-10-11-3-2-8-15-9-11;/h4-7,11,15H,2-3,8-10H2,1H3,(H,16,17);1H. The van der Waals surface area contributed by atoms with E-state index in [1.807, 2.05) is 30.5 Å². The van der Waals surface area contributed by atoms with Crippen LogP contribution in [0.3, 0.4) is 0 Å². The van der Waals surface area contributed by atoms with Crippen molar-refractivity contribution in [2.75, 3.05) is 25.9 Å². The molecule has 0 saturated carbocycles. The Morgan fingerprint density at radius 2 is 2.16 bits per heavy atom. The molecule has 3 nitrogen and oxygen atoms in total. The second kappa shape index (κ2) is 8.46. The number of carbonyl (C=O) groups excluding carboxylic acids is 1. The zero-order chi connectivity index (χ0) is 12.8. The van der Waals surface area contributed by atoms with Gasteiger partial charge in [-0.3, -0.25) is 4.79 Å². The van der Waals surface area contributed by atoms with Gasteiger partial charge in [-0.2, -0.15) is 0 Å².